The van der Waals surface area contributed by atoms with Crippen molar-refractivity contribution in [2.75, 3.05) is 31.1 Å². The van der Waals surface area contributed by atoms with Gasteiger partial charge >= 0.3 is 0 Å². The van der Waals surface area contributed by atoms with Crippen LogP contribution in [0.1, 0.15) is 0 Å². The molecule has 10 heavy (non-hydrogen) atoms. The fraction of sp³-hybridized carbons (Fsp3) is 1.00. The van der Waals surface area contributed by atoms with Gasteiger partial charge < -0.3 is 9.59 Å². The van der Waals surface area contributed by atoms with Gasteiger partial charge in [-0.3, -0.25) is 0 Å². The molecule has 0 saturated heterocycles. The summed E-state index contributed by atoms with van der Waals surface area (Å²) in [7, 11) is 4.14. The van der Waals surface area contributed by atoms with Crippen molar-refractivity contribution >= 4 is 34.2 Å². The lowest BCUT2D eigenvalue weighted by molar-refractivity contribution is -0.877. The van der Waals surface area contributed by atoms with Gasteiger partial charge in [0.15, 0.2) is 0 Å². The largest absolute Gasteiger partial charge is 0.386 e. The number of rotatable bonds is 4. The van der Waals surface area contributed by atoms with E-state index in [4.69, 9.17) is 11.6 Å². The third-order valence-electron chi connectivity index (χ3n) is 1.21. The molecule has 0 aromatic heterocycles. The molecule has 0 heterocycles. The smallest absolute Gasteiger partial charge is 0.129 e. The van der Waals surface area contributed by atoms with Crippen molar-refractivity contribution < 1.29 is 9.59 Å². The summed E-state index contributed by atoms with van der Waals surface area (Å²) >= 11 is 7.75. The third-order valence-corrected chi connectivity index (χ3v) is 3.41. The zero-order valence-electron chi connectivity index (χ0n) is 6.35. The summed E-state index contributed by atoms with van der Waals surface area (Å²) < 4.78 is 1.81. The summed E-state index contributed by atoms with van der Waals surface area (Å²) in [5, 5.41) is 9.17. The molecule has 1 atom stereocenters. The molecular weight excluding hydrogens is 264 g/mol. The highest BCUT2D eigenvalue weighted by Gasteiger charge is 2.17. The Kier molecular flexibility index (Phi) is 5.19. The molecule has 0 spiro atoms. The summed E-state index contributed by atoms with van der Waals surface area (Å²) in [6.45, 7) is 0.729. The van der Waals surface area contributed by atoms with Crippen molar-refractivity contribution in [3.63, 3.8) is 0 Å². The van der Waals surface area contributed by atoms with Crippen LogP contribution in [0, 0.1) is 0 Å². The lowest BCUT2D eigenvalue weighted by Crippen LogP contribution is -2.44. The van der Waals surface area contributed by atoms with Crippen molar-refractivity contribution in [1.82, 2.24) is 0 Å². The molecule has 0 radical (unpaired) electrons. The number of aliphatic hydroxyl groups is 1. The van der Waals surface area contributed by atoms with E-state index in [1.807, 2.05) is 0 Å². The van der Waals surface area contributed by atoms with E-state index < -0.39 is 0 Å². The van der Waals surface area contributed by atoms with E-state index in [2.05, 4.69) is 36.7 Å². The Morgan fingerprint density at radius 1 is 1.60 bits per heavy atom. The Labute approximate surface area is 80.9 Å². The topological polar surface area (TPSA) is 20.2 Å². The Hall–Kier alpha value is 0.940. The van der Waals surface area contributed by atoms with Gasteiger partial charge in [0.05, 0.1) is 20.0 Å². The Morgan fingerprint density at radius 2 is 2.10 bits per heavy atom. The summed E-state index contributed by atoms with van der Waals surface area (Å²) in [6, 6.07) is 0. The van der Waals surface area contributed by atoms with Gasteiger partial charge in [-0.1, -0.05) is 0 Å². The molecule has 0 aromatic carbocycles. The van der Waals surface area contributed by atoms with E-state index in [0.717, 1.165) is 15.6 Å². The summed E-state index contributed by atoms with van der Waals surface area (Å²) in [4.78, 5) is 0. The van der Waals surface area contributed by atoms with Crippen molar-refractivity contribution in [2.45, 2.75) is 6.10 Å². The van der Waals surface area contributed by atoms with Crippen LogP contribution in [0.5, 0.6) is 0 Å². The van der Waals surface area contributed by atoms with Gasteiger partial charge in [-0.25, -0.2) is 0 Å². The molecular formula is C6H14ClINO+. The number of hydrogen-bond acceptors (Lipinski definition) is 1. The van der Waals surface area contributed by atoms with E-state index in [1.54, 1.807) is 0 Å². The molecule has 2 nitrogen and oxygen atoms in total. The molecule has 0 aliphatic heterocycles. The maximum atomic E-state index is 9.17. The quantitative estimate of drug-likeness (QED) is 0.353. The van der Waals surface area contributed by atoms with Crippen LogP contribution in [-0.2, 0) is 0 Å². The minimum absolute atomic E-state index is 0.332. The van der Waals surface area contributed by atoms with Crippen LogP contribution >= 0.6 is 34.2 Å². The van der Waals surface area contributed by atoms with Crippen LogP contribution in [-0.4, -0.2) is 46.8 Å². The molecule has 0 amide bonds. The number of nitrogens with zero attached hydrogens (tertiary/aromatic N) is 1. The summed E-state index contributed by atoms with van der Waals surface area (Å²) in [5.74, 6) is 0.332. The second-order valence-electron chi connectivity index (χ2n) is 3.05. The maximum absolute atomic E-state index is 9.17. The van der Waals surface area contributed by atoms with Gasteiger partial charge in [-0.2, -0.15) is 0 Å². The number of alkyl halides is 2. The number of quaternary nitrogens is 1. The van der Waals surface area contributed by atoms with Gasteiger partial charge in [0.25, 0.3) is 0 Å². The predicted octanol–water partition coefficient (Wildman–Crippen LogP) is 1.05. The Balaban J connectivity index is 3.64. The fourth-order valence-corrected chi connectivity index (χ4v) is 1.04. The number of likely N-dealkylation sites (N-methyl/N-ethyl adjacent to an activating group) is 1. The molecule has 1 N–H and O–H groups in total. The van der Waals surface area contributed by atoms with Crippen molar-refractivity contribution in [1.29, 1.82) is 0 Å². The second-order valence-corrected chi connectivity index (χ2v) is 4.04. The number of aliphatic hydroxyl groups excluding tert-OH is 1. The first-order chi connectivity index (χ1) is 4.52. The molecule has 0 rings (SSSR count). The van der Waals surface area contributed by atoms with Gasteiger partial charge in [-0.15, -0.1) is 11.6 Å². The van der Waals surface area contributed by atoms with Crippen molar-refractivity contribution in [2.24, 2.45) is 0 Å². The maximum Gasteiger partial charge on any atom is 0.129 e. The van der Waals surface area contributed by atoms with Crippen LogP contribution in [0.3, 0.4) is 0 Å². The van der Waals surface area contributed by atoms with E-state index in [1.165, 1.54) is 0 Å². The van der Waals surface area contributed by atoms with Crippen molar-refractivity contribution in [3.05, 3.63) is 0 Å². The van der Waals surface area contributed by atoms with Gasteiger partial charge in [0.1, 0.15) is 17.2 Å². The van der Waals surface area contributed by atoms with Crippen LogP contribution in [0.15, 0.2) is 0 Å². The molecule has 62 valence electrons. The molecule has 0 aliphatic carbocycles. The van der Waals surface area contributed by atoms with Crippen LogP contribution < -0.4 is 0 Å². The SMILES string of the molecule is C[N+](C)(CI)CC(O)CCl. The van der Waals surface area contributed by atoms with Crippen LogP contribution in [0.25, 0.3) is 0 Å². The molecule has 0 bridgehead atoms. The monoisotopic (exact) mass is 278 g/mol. The first-order valence-electron chi connectivity index (χ1n) is 3.14. The first kappa shape index (κ1) is 10.9. The van der Waals surface area contributed by atoms with Gasteiger partial charge in [0.2, 0.25) is 0 Å². The number of halogens is 2. The average Bonchev–Trinajstić information content (AvgIpc) is 1.87. The summed E-state index contributed by atoms with van der Waals surface area (Å²) in [5.41, 5.74) is 0. The van der Waals surface area contributed by atoms with E-state index >= 15 is 0 Å². The Morgan fingerprint density at radius 3 is 2.40 bits per heavy atom. The Bertz CT molecular complexity index is 99.7. The summed E-state index contributed by atoms with van der Waals surface area (Å²) in [6.07, 6.45) is -0.369. The van der Waals surface area contributed by atoms with Crippen LogP contribution in [0.2, 0.25) is 0 Å². The minimum atomic E-state index is -0.369. The molecule has 4 heteroatoms. The van der Waals surface area contributed by atoms with Crippen molar-refractivity contribution in [3.8, 4) is 0 Å². The van der Waals surface area contributed by atoms with Gasteiger partial charge in [0, 0.05) is 0 Å². The molecule has 0 aliphatic rings. The highest BCUT2D eigenvalue weighted by molar-refractivity contribution is 14.1. The normalized spacial score (nSPS) is 15.3. The first-order valence-corrected chi connectivity index (χ1v) is 5.20. The lowest BCUT2D eigenvalue weighted by atomic mass is 10.3. The number of hydrogen-bond donors (Lipinski definition) is 1. The zero-order valence-corrected chi connectivity index (χ0v) is 9.26. The predicted molar refractivity (Wildman–Crippen MR) is 52.6 cm³/mol. The molecule has 0 aromatic rings. The second kappa shape index (κ2) is 4.74. The van der Waals surface area contributed by atoms with Gasteiger partial charge in [-0.05, 0) is 22.6 Å². The fourth-order valence-electron chi connectivity index (χ4n) is 0.668. The standard InChI is InChI=1S/C6H14ClINO/c1-9(2,5-8)4-6(10)3-7/h6,10H,3-5H2,1-2H3/q+1. The highest BCUT2D eigenvalue weighted by Crippen LogP contribution is 2.04. The molecule has 1 unspecified atom stereocenters. The van der Waals surface area contributed by atoms with E-state index in [0.29, 0.717) is 5.88 Å². The molecule has 0 fully saturated rings. The third kappa shape index (κ3) is 4.71. The average molecular weight is 279 g/mol. The highest BCUT2D eigenvalue weighted by atomic mass is 127. The van der Waals surface area contributed by atoms with Crippen LogP contribution in [0.4, 0.5) is 0 Å². The van der Waals surface area contributed by atoms with E-state index in [-0.39, 0.29) is 6.10 Å². The molecule has 0 saturated carbocycles. The zero-order chi connectivity index (χ0) is 8.20. The minimum Gasteiger partial charge on any atom is -0.386 e. The lowest BCUT2D eigenvalue weighted by Gasteiger charge is -2.28. The van der Waals surface area contributed by atoms with E-state index in [9.17, 15) is 5.11 Å².